The van der Waals surface area contributed by atoms with Crippen molar-refractivity contribution in [2.45, 2.75) is 19.3 Å². The Hall–Kier alpha value is -1.34. The van der Waals surface area contributed by atoms with Crippen LogP contribution in [-0.4, -0.2) is 23.0 Å². The summed E-state index contributed by atoms with van der Waals surface area (Å²) in [7, 11) is 0. The van der Waals surface area contributed by atoms with Crippen LogP contribution in [0.5, 0.6) is 0 Å². The van der Waals surface area contributed by atoms with E-state index in [-0.39, 0.29) is 0 Å². The van der Waals surface area contributed by atoms with Crippen LogP contribution in [0.25, 0.3) is 0 Å². The molecular formula is C12H15N3S. The van der Waals surface area contributed by atoms with Crippen molar-refractivity contribution in [2.24, 2.45) is 5.92 Å². The largest absolute Gasteiger partial charge is 0.364 e. The molecule has 0 bridgehead atoms. The van der Waals surface area contributed by atoms with Crippen molar-refractivity contribution in [3.05, 3.63) is 28.9 Å². The lowest BCUT2D eigenvalue weighted by molar-refractivity contribution is 0.233. The van der Waals surface area contributed by atoms with Crippen LogP contribution in [0.3, 0.4) is 0 Å². The molecule has 1 aliphatic rings. The van der Waals surface area contributed by atoms with E-state index in [1.165, 1.54) is 5.01 Å². The van der Waals surface area contributed by atoms with E-state index in [0.29, 0.717) is 11.6 Å². The molecule has 16 heavy (non-hydrogen) atoms. The van der Waals surface area contributed by atoms with Crippen LogP contribution < -0.4 is 0 Å². The second-order valence-electron chi connectivity index (χ2n) is 4.12. The lowest BCUT2D eigenvalue weighted by Gasteiger charge is -2.32. The zero-order chi connectivity index (χ0) is 11.4. The molecule has 1 saturated heterocycles. The Morgan fingerprint density at radius 1 is 1.62 bits per heavy atom. The number of nitriles is 1. The Labute approximate surface area is 100 Å². The molecule has 0 saturated carbocycles. The molecule has 2 rings (SSSR count). The molecule has 3 nitrogen and oxygen atoms in total. The summed E-state index contributed by atoms with van der Waals surface area (Å²) in [6.45, 7) is 5.67. The predicted molar refractivity (Wildman–Crippen MR) is 64.9 cm³/mol. The molecular weight excluding hydrogens is 218 g/mol. The van der Waals surface area contributed by atoms with Crippen molar-refractivity contribution in [1.82, 2.24) is 9.88 Å². The molecule has 84 valence electrons. The Morgan fingerprint density at radius 2 is 2.38 bits per heavy atom. The first-order chi connectivity index (χ1) is 7.79. The van der Waals surface area contributed by atoms with Crippen LogP contribution in [0.4, 0.5) is 0 Å². The predicted octanol–water partition coefficient (Wildman–Crippen LogP) is 2.43. The van der Waals surface area contributed by atoms with Gasteiger partial charge in [0, 0.05) is 31.1 Å². The normalized spacial score (nSPS) is 17.1. The lowest BCUT2D eigenvalue weighted by Crippen LogP contribution is -2.33. The highest BCUT2D eigenvalue weighted by Gasteiger charge is 2.20. The molecule has 0 aliphatic carbocycles. The average molecular weight is 233 g/mol. The van der Waals surface area contributed by atoms with E-state index in [0.717, 1.165) is 32.4 Å². The van der Waals surface area contributed by atoms with Gasteiger partial charge in [-0.1, -0.05) is 6.58 Å². The number of thiazole rings is 1. The molecule has 0 radical (unpaired) electrons. The van der Waals surface area contributed by atoms with Crippen molar-refractivity contribution < 1.29 is 0 Å². The average Bonchev–Trinajstić information content (AvgIpc) is 2.82. The second kappa shape index (κ2) is 5.13. The molecule has 0 amide bonds. The van der Waals surface area contributed by atoms with E-state index >= 15 is 0 Å². The number of piperidine rings is 1. The Balaban J connectivity index is 1.82. The fraction of sp³-hybridized carbons (Fsp3) is 0.500. The van der Waals surface area contributed by atoms with Gasteiger partial charge in [0.15, 0.2) is 0 Å². The summed E-state index contributed by atoms with van der Waals surface area (Å²) in [4.78, 5) is 6.40. The Bertz CT molecular complexity index is 383. The summed E-state index contributed by atoms with van der Waals surface area (Å²) in [5.74, 6) is 0.717. The number of hydrogen-bond acceptors (Lipinski definition) is 4. The fourth-order valence-corrected chi connectivity index (χ4v) is 2.81. The van der Waals surface area contributed by atoms with E-state index in [1.54, 1.807) is 11.3 Å². The van der Waals surface area contributed by atoms with Gasteiger partial charge in [0.1, 0.15) is 11.8 Å². The van der Waals surface area contributed by atoms with E-state index in [2.05, 4.69) is 22.5 Å². The highest BCUT2D eigenvalue weighted by molar-refractivity contribution is 7.09. The van der Waals surface area contributed by atoms with Crippen molar-refractivity contribution in [2.75, 3.05) is 13.1 Å². The molecule has 0 unspecified atom stereocenters. The van der Waals surface area contributed by atoms with Gasteiger partial charge in [-0.15, -0.1) is 11.3 Å². The summed E-state index contributed by atoms with van der Waals surface area (Å²) in [6, 6.07) is 2.12. The number of aromatic nitrogens is 1. The van der Waals surface area contributed by atoms with Gasteiger partial charge >= 0.3 is 0 Å². The smallest absolute Gasteiger partial charge is 0.116 e. The molecule has 0 aromatic carbocycles. The quantitative estimate of drug-likeness (QED) is 0.753. The molecule has 2 heterocycles. The van der Waals surface area contributed by atoms with Gasteiger partial charge in [0.2, 0.25) is 0 Å². The highest BCUT2D eigenvalue weighted by Crippen LogP contribution is 2.23. The topological polar surface area (TPSA) is 39.9 Å². The molecule has 0 spiro atoms. The maximum Gasteiger partial charge on any atom is 0.116 e. The monoisotopic (exact) mass is 233 g/mol. The minimum atomic E-state index is 0.604. The van der Waals surface area contributed by atoms with Gasteiger partial charge in [0.25, 0.3) is 0 Å². The number of nitrogens with zero attached hydrogens (tertiary/aromatic N) is 3. The number of rotatable bonds is 3. The van der Waals surface area contributed by atoms with Crippen LogP contribution in [-0.2, 0) is 6.42 Å². The van der Waals surface area contributed by atoms with Crippen molar-refractivity contribution in [3.8, 4) is 6.07 Å². The first-order valence-electron chi connectivity index (χ1n) is 5.52. The first-order valence-corrected chi connectivity index (χ1v) is 6.40. The van der Waals surface area contributed by atoms with Crippen molar-refractivity contribution in [3.63, 3.8) is 0 Å². The van der Waals surface area contributed by atoms with E-state index in [9.17, 15) is 0 Å². The number of allylic oxidation sites excluding steroid dienone is 1. The Kier molecular flexibility index (Phi) is 3.58. The van der Waals surface area contributed by atoms with Crippen molar-refractivity contribution >= 4 is 11.3 Å². The first kappa shape index (κ1) is 11.2. The van der Waals surface area contributed by atoms with Crippen molar-refractivity contribution in [1.29, 1.82) is 5.26 Å². The summed E-state index contributed by atoms with van der Waals surface area (Å²) >= 11 is 1.73. The summed E-state index contributed by atoms with van der Waals surface area (Å²) in [6.07, 6.45) is 5.23. The third-order valence-electron chi connectivity index (χ3n) is 3.07. The third kappa shape index (κ3) is 2.61. The fourth-order valence-electron chi connectivity index (χ4n) is 2.08. The summed E-state index contributed by atoms with van der Waals surface area (Å²) in [5.41, 5.74) is 0.604. The van der Waals surface area contributed by atoms with Gasteiger partial charge in [-0.3, -0.25) is 0 Å². The lowest BCUT2D eigenvalue weighted by atomic mass is 9.93. The van der Waals surface area contributed by atoms with Crippen LogP contribution in [0.1, 0.15) is 17.8 Å². The van der Waals surface area contributed by atoms with Gasteiger partial charge in [-0.05, 0) is 18.8 Å². The van der Waals surface area contributed by atoms with Crippen LogP contribution in [0.2, 0.25) is 0 Å². The number of hydrogen-bond donors (Lipinski definition) is 0. The molecule has 1 fully saturated rings. The zero-order valence-corrected chi connectivity index (χ0v) is 10.0. The van der Waals surface area contributed by atoms with E-state index in [1.807, 2.05) is 11.6 Å². The maximum absolute atomic E-state index is 8.76. The zero-order valence-electron chi connectivity index (χ0n) is 9.22. The van der Waals surface area contributed by atoms with Gasteiger partial charge in [-0.25, -0.2) is 4.98 Å². The molecule has 1 aromatic heterocycles. The standard InChI is InChI=1S/C12H15N3S/c1-10(9-13)15-5-2-11(3-6-15)8-12-14-4-7-16-12/h4,7,11H,1-3,5-6,8H2. The maximum atomic E-state index is 8.76. The Morgan fingerprint density at radius 3 is 2.94 bits per heavy atom. The van der Waals surface area contributed by atoms with Crippen LogP contribution in [0, 0.1) is 17.2 Å². The van der Waals surface area contributed by atoms with Gasteiger partial charge in [-0.2, -0.15) is 5.26 Å². The molecule has 1 aliphatic heterocycles. The van der Waals surface area contributed by atoms with Gasteiger partial charge in [0.05, 0.1) is 5.01 Å². The molecule has 0 atom stereocenters. The number of likely N-dealkylation sites (tertiary alicyclic amines) is 1. The summed E-state index contributed by atoms with van der Waals surface area (Å²) < 4.78 is 0. The van der Waals surface area contributed by atoms with Crippen LogP contribution >= 0.6 is 11.3 Å². The minimum absolute atomic E-state index is 0.604. The molecule has 0 N–H and O–H groups in total. The van der Waals surface area contributed by atoms with Gasteiger partial charge < -0.3 is 4.90 Å². The minimum Gasteiger partial charge on any atom is -0.364 e. The second-order valence-corrected chi connectivity index (χ2v) is 5.10. The molecule has 1 aromatic rings. The van der Waals surface area contributed by atoms with E-state index in [4.69, 9.17) is 5.26 Å². The highest BCUT2D eigenvalue weighted by atomic mass is 32.1. The molecule has 4 heteroatoms. The SMILES string of the molecule is C=C(C#N)N1CCC(Cc2nccs2)CC1. The summed E-state index contributed by atoms with van der Waals surface area (Å²) in [5, 5.41) is 12.0. The van der Waals surface area contributed by atoms with E-state index < -0.39 is 0 Å². The van der Waals surface area contributed by atoms with Crippen LogP contribution in [0.15, 0.2) is 23.9 Å². The third-order valence-corrected chi connectivity index (χ3v) is 3.87.